The van der Waals surface area contributed by atoms with Crippen molar-refractivity contribution in [3.05, 3.63) is 41.3 Å². The summed E-state index contributed by atoms with van der Waals surface area (Å²) >= 11 is 1.54. The number of halogens is 1. The predicted molar refractivity (Wildman–Crippen MR) is 79.9 cm³/mol. The summed E-state index contributed by atoms with van der Waals surface area (Å²) in [6.45, 7) is 0.510. The number of fused-ring (bicyclic) bond motifs is 1. The minimum atomic E-state index is -0.384. The molecule has 3 rings (SSSR count). The van der Waals surface area contributed by atoms with Crippen LogP contribution >= 0.6 is 11.3 Å². The third-order valence-corrected chi connectivity index (χ3v) is 3.89. The van der Waals surface area contributed by atoms with Crippen molar-refractivity contribution < 1.29 is 13.9 Å². The van der Waals surface area contributed by atoms with E-state index in [1.54, 1.807) is 30.6 Å². The lowest BCUT2D eigenvalue weighted by Crippen LogP contribution is -2.04. The van der Waals surface area contributed by atoms with Gasteiger partial charge in [-0.25, -0.2) is 4.39 Å². The maximum atomic E-state index is 13.4. The highest BCUT2D eigenvalue weighted by Crippen LogP contribution is 2.25. The third-order valence-electron chi connectivity index (χ3n) is 3.13. The summed E-state index contributed by atoms with van der Waals surface area (Å²) in [6.07, 6.45) is 1.94. The summed E-state index contributed by atoms with van der Waals surface area (Å²) in [7, 11) is 3.04. The lowest BCUT2D eigenvalue weighted by Gasteiger charge is -2.09. The summed E-state index contributed by atoms with van der Waals surface area (Å²) in [4.78, 5) is 5.26. The van der Waals surface area contributed by atoms with E-state index >= 15 is 0 Å². The molecule has 0 radical (unpaired) electrons. The SMILES string of the molecule is COc1cc(NCc2c(OC)nc3sccn23)ccc1F. The van der Waals surface area contributed by atoms with Crippen molar-refractivity contribution in [2.75, 3.05) is 19.5 Å². The van der Waals surface area contributed by atoms with Gasteiger partial charge in [0, 0.05) is 23.3 Å². The van der Waals surface area contributed by atoms with Crippen LogP contribution in [0.15, 0.2) is 29.8 Å². The van der Waals surface area contributed by atoms with Crippen molar-refractivity contribution in [3.63, 3.8) is 0 Å². The number of rotatable bonds is 5. The zero-order chi connectivity index (χ0) is 14.8. The Morgan fingerprint density at radius 2 is 2.19 bits per heavy atom. The monoisotopic (exact) mass is 307 g/mol. The molecule has 0 aliphatic carbocycles. The number of hydrogen-bond acceptors (Lipinski definition) is 5. The van der Waals surface area contributed by atoms with E-state index in [1.165, 1.54) is 13.2 Å². The topological polar surface area (TPSA) is 47.8 Å². The van der Waals surface area contributed by atoms with Gasteiger partial charge in [-0.05, 0) is 12.1 Å². The Kier molecular flexibility index (Phi) is 3.66. The average molecular weight is 307 g/mol. The van der Waals surface area contributed by atoms with E-state index in [0.717, 1.165) is 16.3 Å². The molecule has 0 saturated heterocycles. The molecule has 5 nitrogen and oxygen atoms in total. The second-order valence-electron chi connectivity index (χ2n) is 4.33. The molecule has 0 atom stereocenters. The molecule has 0 aliphatic heterocycles. The maximum absolute atomic E-state index is 13.4. The summed E-state index contributed by atoms with van der Waals surface area (Å²) in [5.74, 6) is 0.412. The number of ether oxygens (including phenoxy) is 2. The molecule has 0 spiro atoms. The summed E-state index contributed by atoms with van der Waals surface area (Å²) in [6, 6.07) is 4.65. The van der Waals surface area contributed by atoms with E-state index < -0.39 is 0 Å². The van der Waals surface area contributed by atoms with Crippen molar-refractivity contribution >= 4 is 22.0 Å². The highest BCUT2D eigenvalue weighted by Gasteiger charge is 2.13. The average Bonchev–Trinajstić information content (AvgIpc) is 3.07. The van der Waals surface area contributed by atoms with Crippen LogP contribution in [0.4, 0.5) is 10.1 Å². The number of thiazole rings is 1. The molecule has 3 aromatic rings. The van der Waals surface area contributed by atoms with Crippen LogP contribution in [0.2, 0.25) is 0 Å². The second-order valence-corrected chi connectivity index (χ2v) is 5.20. The normalized spacial score (nSPS) is 10.8. The van der Waals surface area contributed by atoms with Crippen molar-refractivity contribution in [1.29, 1.82) is 0 Å². The van der Waals surface area contributed by atoms with E-state index in [0.29, 0.717) is 12.4 Å². The van der Waals surface area contributed by atoms with Crippen LogP contribution in [0.3, 0.4) is 0 Å². The number of anilines is 1. The lowest BCUT2D eigenvalue weighted by atomic mass is 10.3. The fraction of sp³-hybridized carbons (Fsp3) is 0.214. The number of aromatic nitrogens is 2. The Morgan fingerprint density at radius 3 is 2.95 bits per heavy atom. The Bertz CT molecular complexity index is 769. The highest BCUT2D eigenvalue weighted by atomic mass is 32.1. The fourth-order valence-corrected chi connectivity index (χ4v) is 2.82. The molecule has 1 N–H and O–H groups in total. The first-order valence-electron chi connectivity index (χ1n) is 6.28. The van der Waals surface area contributed by atoms with Gasteiger partial charge >= 0.3 is 0 Å². The van der Waals surface area contributed by atoms with Crippen molar-refractivity contribution in [1.82, 2.24) is 9.38 Å². The molecule has 0 unspecified atom stereocenters. The first kappa shape index (κ1) is 13.7. The van der Waals surface area contributed by atoms with Crippen LogP contribution in [0, 0.1) is 5.82 Å². The van der Waals surface area contributed by atoms with Crippen LogP contribution < -0.4 is 14.8 Å². The smallest absolute Gasteiger partial charge is 0.238 e. The molecule has 2 heterocycles. The van der Waals surface area contributed by atoms with Gasteiger partial charge in [-0.3, -0.25) is 4.40 Å². The van der Waals surface area contributed by atoms with Gasteiger partial charge < -0.3 is 14.8 Å². The van der Waals surface area contributed by atoms with Crippen LogP contribution in [-0.4, -0.2) is 23.6 Å². The van der Waals surface area contributed by atoms with Crippen LogP contribution in [0.25, 0.3) is 4.96 Å². The van der Waals surface area contributed by atoms with Gasteiger partial charge in [-0.1, -0.05) is 0 Å². The number of hydrogen-bond donors (Lipinski definition) is 1. The Balaban J connectivity index is 1.84. The first-order valence-corrected chi connectivity index (χ1v) is 7.16. The Hall–Kier alpha value is -2.28. The van der Waals surface area contributed by atoms with E-state index in [9.17, 15) is 4.39 Å². The number of methoxy groups -OCH3 is 2. The molecular weight excluding hydrogens is 293 g/mol. The third kappa shape index (κ3) is 2.52. The van der Waals surface area contributed by atoms with Crippen molar-refractivity contribution in [2.45, 2.75) is 6.54 Å². The Labute approximate surface area is 125 Å². The number of imidazole rings is 1. The highest BCUT2D eigenvalue weighted by molar-refractivity contribution is 7.15. The van der Waals surface area contributed by atoms with Crippen molar-refractivity contribution in [3.8, 4) is 11.6 Å². The molecule has 0 bridgehead atoms. The second kappa shape index (κ2) is 5.61. The zero-order valence-corrected chi connectivity index (χ0v) is 12.4. The minimum Gasteiger partial charge on any atom is -0.494 e. The Morgan fingerprint density at radius 1 is 1.33 bits per heavy atom. The summed E-state index contributed by atoms with van der Waals surface area (Å²) < 4.78 is 25.6. The zero-order valence-electron chi connectivity index (χ0n) is 11.6. The van der Waals surface area contributed by atoms with Gasteiger partial charge in [0.2, 0.25) is 5.88 Å². The number of nitrogens with zero attached hydrogens (tertiary/aromatic N) is 2. The largest absolute Gasteiger partial charge is 0.494 e. The van der Waals surface area contributed by atoms with Gasteiger partial charge in [-0.2, -0.15) is 4.98 Å². The van der Waals surface area contributed by atoms with E-state index in [2.05, 4.69) is 10.3 Å². The fourth-order valence-electron chi connectivity index (χ4n) is 2.09. The lowest BCUT2D eigenvalue weighted by molar-refractivity contribution is 0.386. The summed E-state index contributed by atoms with van der Waals surface area (Å²) in [5.41, 5.74) is 1.68. The standard InChI is InChI=1S/C14H14FN3O2S/c1-19-12-7-9(3-4-10(12)15)16-8-11-13(20-2)17-14-18(11)5-6-21-14/h3-7,16H,8H2,1-2H3. The van der Waals surface area contributed by atoms with Crippen LogP contribution in [0.1, 0.15) is 5.69 Å². The molecule has 21 heavy (non-hydrogen) atoms. The predicted octanol–water partition coefficient (Wildman–Crippen LogP) is 3.16. The van der Waals surface area contributed by atoms with Crippen LogP contribution in [-0.2, 0) is 6.54 Å². The molecular formula is C14H14FN3O2S. The molecule has 2 aromatic heterocycles. The minimum absolute atomic E-state index is 0.209. The molecule has 1 aromatic carbocycles. The first-order chi connectivity index (χ1) is 10.2. The van der Waals surface area contributed by atoms with Gasteiger partial charge in [-0.15, -0.1) is 11.3 Å². The number of nitrogens with one attached hydrogen (secondary N) is 1. The molecule has 0 fully saturated rings. The van der Waals surface area contributed by atoms with Gasteiger partial charge in [0.05, 0.1) is 20.8 Å². The quantitative estimate of drug-likeness (QED) is 0.786. The van der Waals surface area contributed by atoms with E-state index in [1.807, 2.05) is 16.0 Å². The molecule has 0 amide bonds. The number of benzene rings is 1. The van der Waals surface area contributed by atoms with Gasteiger partial charge in [0.25, 0.3) is 0 Å². The maximum Gasteiger partial charge on any atom is 0.238 e. The van der Waals surface area contributed by atoms with Crippen molar-refractivity contribution in [2.24, 2.45) is 0 Å². The molecule has 110 valence electrons. The van der Waals surface area contributed by atoms with Gasteiger partial charge in [0.1, 0.15) is 5.69 Å². The molecule has 0 saturated carbocycles. The van der Waals surface area contributed by atoms with Crippen LogP contribution in [0.5, 0.6) is 11.6 Å². The van der Waals surface area contributed by atoms with E-state index in [-0.39, 0.29) is 11.6 Å². The summed E-state index contributed by atoms with van der Waals surface area (Å²) in [5, 5.41) is 5.19. The molecule has 7 heteroatoms. The van der Waals surface area contributed by atoms with E-state index in [4.69, 9.17) is 9.47 Å². The van der Waals surface area contributed by atoms with Gasteiger partial charge in [0.15, 0.2) is 16.5 Å². The molecule has 0 aliphatic rings.